The van der Waals surface area contributed by atoms with Gasteiger partial charge in [0.15, 0.2) is 5.69 Å². The molecule has 0 aliphatic carbocycles. The number of amides is 1. The Morgan fingerprint density at radius 3 is 2.65 bits per heavy atom. The molecule has 23 heavy (non-hydrogen) atoms. The van der Waals surface area contributed by atoms with Gasteiger partial charge in [-0.3, -0.25) is 4.79 Å². The van der Waals surface area contributed by atoms with Gasteiger partial charge < -0.3 is 15.5 Å². The first-order chi connectivity index (χ1) is 11.2. The van der Waals surface area contributed by atoms with Crippen molar-refractivity contribution in [2.45, 2.75) is 12.5 Å². The minimum atomic E-state index is -0.237. The highest BCUT2D eigenvalue weighted by atomic mass is 35.5. The predicted molar refractivity (Wildman–Crippen MR) is 91.1 cm³/mol. The van der Waals surface area contributed by atoms with Crippen LogP contribution in [0.1, 0.15) is 16.9 Å². The number of nitrogens with zero attached hydrogens (tertiary/aromatic N) is 3. The third kappa shape index (κ3) is 3.71. The van der Waals surface area contributed by atoms with Crippen LogP contribution in [0.15, 0.2) is 36.4 Å². The van der Waals surface area contributed by atoms with Crippen molar-refractivity contribution >= 4 is 29.0 Å². The summed E-state index contributed by atoms with van der Waals surface area (Å²) >= 11 is 5.93. The monoisotopic (exact) mass is 331 g/mol. The Kier molecular flexibility index (Phi) is 4.62. The van der Waals surface area contributed by atoms with Crippen molar-refractivity contribution in [1.82, 2.24) is 15.5 Å². The quantitative estimate of drug-likeness (QED) is 0.898. The fourth-order valence-corrected chi connectivity index (χ4v) is 2.76. The van der Waals surface area contributed by atoms with Crippen molar-refractivity contribution in [2.75, 3.05) is 30.4 Å². The van der Waals surface area contributed by atoms with E-state index in [-0.39, 0.29) is 5.91 Å². The number of halogens is 1. The number of aromatic nitrogens is 2. The summed E-state index contributed by atoms with van der Waals surface area (Å²) in [5.74, 6) is 0.444. The van der Waals surface area contributed by atoms with Crippen molar-refractivity contribution < 1.29 is 4.79 Å². The van der Waals surface area contributed by atoms with E-state index in [2.05, 4.69) is 25.7 Å². The van der Waals surface area contributed by atoms with Gasteiger partial charge in [-0.1, -0.05) is 11.6 Å². The topological polar surface area (TPSA) is 70.2 Å². The van der Waals surface area contributed by atoms with Crippen molar-refractivity contribution in [1.29, 1.82) is 0 Å². The molecule has 2 aromatic rings. The van der Waals surface area contributed by atoms with E-state index < -0.39 is 0 Å². The van der Waals surface area contributed by atoms with E-state index in [1.807, 2.05) is 24.3 Å². The third-order valence-corrected chi connectivity index (χ3v) is 4.11. The number of hydrogen-bond acceptors (Lipinski definition) is 5. The van der Waals surface area contributed by atoms with Crippen LogP contribution in [0, 0.1) is 0 Å². The van der Waals surface area contributed by atoms with Crippen LogP contribution in [-0.4, -0.2) is 42.3 Å². The summed E-state index contributed by atoms with van der Waals surface area (Å²) in [4.78, 5) is 13.7. The maximum Gasteiger partial charge on any atom is 0.271 e. The van der Waals surface area contributed by atoms with Gasteiger partial charge in [-0.05, 0) is 42.8 Å². The van der Waals surface area contributed by atoms with Crippen LogP contribution in [0.4, 0.5) is 11.5 Å². The summed E-state index contributed by atoms with van der Waals surface area (Å²) in [6, 6.07) is 11.6. The molecule has 1 aromatic heterocycles. The fourth-order valence-electron chi connectivity index (χ4n) is 2.63. The molecule has 1 atom stereocenters. The fraction of sp³-hybridized carbons (Fsp3) is 0.312. The second kappa shape index (κ2) is 6.83. The van der Waals surface area contributed by atoms with E-state index in [0.29, 0.717) is 17.6 Å². The van der Waals surface area contributed by atoms with Gasteiger partial charge in [0.05, 0.1) is 0 Å². The molecule has 1 fully saturated rings. The molecule has 120 valence electrons. The lowest BCUT2D eigenvalue weighted by atomic mass is 10.2. The van der Waals surface area contributed by atoms with Gasteiger partial charge in [0.2, 0.25) is 0 Å². The molecule has 3 rings (SSSR count). The van der Waals surface area contributed by atoms with Crippen LogP contribution in [-0.2, 0) is 0 Å². The molecule has 2 N–H and O–H groups in total. The van der Waals surface area contributed by atoms with Gasteiger partial charge in [-0.25, -0.2) is 0 Å². The highest BCUT2D eigenvalue weighted by molar-refractivity contribution is 6.30. The highest BCUT2D eigenvalue weighted by Crippen LogP contribution is 2.23. The summed E-state index contributed by atoms with van der Waals surface area (Å²) in [6.07, 6.45) is 1.02. The maximum absolute atomic E-state index is 11.4. The van der Waals surface area contributed by atoms with Crippen LogP contribution < -0.4 is 15.5 Å². The molecule has 1 aliphatic rings. The zero-order valence-corrected chi connectivity index (χ0v) is 13.5. The van der Waals surface area contributed by atoms with Crippen LogP contribution in [0.25, 0.3) is 0 Å². The molecular weight excluding hydrogens is 314 g/mol. The average molecular weight is 332 g/mol. The molecule has 0 unspecified atom stereocenters. The van der Waals surface area contributed by atoms with Crippen LogP contribution in [0.3, 0.4) is 0 Å². The molecule has 0 saturated carbocycles. The number of carbonyl (C=O) groups excluding carboxylic acids is 1. The third-order valence-electron chi connectivity index (χ3n) is 3.86. The number of benzene rings is 1. The molecule has 0 radical (unpaired) electrons. The Hall–Kier alpha value is -2.34. The highest BCUT2D eigenvalue weighted by Gasteiger charge is 2.23. The van der Waals surface area contributed by atoms with Crippen molar-refractivity contribution in [2.24, 2.45) is 0 Å². The molecule has 1 aliphatic heterocycles. The SMILES string of the molecule is CNC(=O)c1ccc(N[C@@H]2CCN(c3ccc(Cl)cc3)C2)nn1. The average Bonchev–Trinajstić information content (AvgIpc) is 3.04. The predicted octanol–water partition coefficient (Wildman–Crippen LogP) is 2.18. The van der Waals surface area contributed by atoms with Gasteiger partial charge in [0.25, 0.3) is 5.91 Å². The van der Waals surface area contributed by atoms with E-state index in [4.69, 9.17) is 11.6 Å². The molecule has 1 amide bonds. The van der Waals surface area contributed by atoms with Gasteiger partial charge in [-0.2, -0.15) is 0 Å². The van der Waals surface area contributed by atoms with E-state index >= 15 is 0 Å². The summed E-state index contributed by atoms with van der Waals surface area (Å²) < 4.78 is 0. The summed E-state index contributed by atoms with van der Waals surface area (Å²) in [5, 5.41) is 14.6. The second-order valence-corrected chi connectivity index (χ2v) is 5.87. The molecule has 2 heterocycles. The van der Waals surface area contributed by atoms with E-state index in [1.165, 1.54) is 5.69 Å². The number of rotatable bonds is 4. The Labute approximate surface area is 139 Å². The molecule has 0 bridgehead atoms. The first-order valence-electron chi connectivity index (χ1n) is 7.48. The maximum atomic E-state index is 11.4. The Morgan fingerprint density at radius 1 is 1.22 bits per heavy atom. The first kappa shape index (κ1) is 15.6. The lowest BCUT2D eigenvalue weighted by Crippen LogP contribution is -2.26. The Balaban J connectivity index is 1.59. The van der Waals surface area contributed by atoms with Crippen molar-refractivity contribution in [3.05, 3.63) is 47.1 Å². The van der Waals surface area contributed by atoms with Gasteiger partial charge in [0.1, 0.15) is 5.82 Å². The largest absolute Gasteiger partial charge is 0.369 e. The summed E-state index contributed by atoms with van der Waals surface area (Å²) in [5.41, 5.74) is 1.48. The van der Waals surface area contributed by atoms with Crippen LogP contribution >= 0.6 is 11.6 Å². The first-order valence-corrected chi connectivity index (χ1v) is 7.86. The van der Waals surface area contributed by atoms with Crippen LogP contribution in [0.2, 0.25) is 5.02 Å². The van der Waals surface area contributed by atoms with Crippen molar-refractivity contribution in [3.63, 3.8) is 0 Å². The number of nitrogens with one attached hydrogen (secondary N) is 2. The molecule has 1 saturated heterocycles. The Morgan fingerprint density at radius 2 is 2.00 bits per heavy atom. The zero-order chi connectivity index (χ0) is 16.2. The normalized spacial score (nSPS) is 17.1. The van der Waals surface area contributed by atoms with E-state index in [0.717, 1.165) is 24.5 Å². The molecule has 6 nitrogen and oxygen atoms in total. The lowest BCUT2D eigenvalue weighted by Gasteiger charge is -2.19. The Bertz CT molecular complexity index is 674. The molecule has 7 heteroatoms. The minimum Gasteiger partial charge on any atom is -0.369 e. The zero-order valence-electron chi connectivity index (χ0n) is 12.8. The molecular formula is C16H18ClN5O. The smallest absolute Gasteiger partial charge is 0.271 e. The van der Waals surface area contributed by atoms with Crippen molar-refractivity contribution in [3.8, 4) is 0 Å². The van der Waals surface area contributed by atoms with E-state index in [9.17, 15) is 4.79 Å². The number of anilines is 2. The number of hydrogen-bond donors (Lipinski definition) is 2. The minimum absolute atomic E-state index is 0.237. The summed E-state index contributed by atoms with van der Waals surface area (Å²) in [6.45, 7) is 1.86. The lowest BCUT2D eigenvalue weighted by molar-refractivity contribution is 0.0957. The van der Waals surface area contributed by atoms with Gasteiger partial charge in [0, 0.05) is 36.9 Å². The molecule has 1 aromatic carbocycles. The van der Waals surface area contributed by atoms with E-state index in [1.54, 1.807) is 19.2 Å². The van der Waals surface area contributed by atoms with Gasteiger partial charge in [-0.15, -0.1) is 10.2 Å². The van der Waals surface area contributed by atoms with Crippen LogP contribution in [0.5, 0.6) is 0 Å². The standard InChI is InChI=1S/C16H18ClN5O/c1-18-16(23)14-6-7-15(21-20-14)19-12-8-9-22(10-12)13-4-2-11(17)3-5-13/h2-7,12H,8-10H2,1H3,(H,18,23)(H,19,21)/t12-/m1/s1. The molecule has 0 spiro atoms. The van der Waals surface area contributed by atoms with Gasteiger partial charge >= 0.3 is 0 Å². The summed E-state index contributed by atoms with van der Waals surface area (Å²) in [7, 11) is 1.57. The number of carbonyl (C=O) groups is 1. The second-order valence-electron chi connectivity index (χ2n) is 5.44.